The maximum Gasteiger partial charge on any atom is 0.271 e. The molecule has 1 aromatic carbocycles. The lowest BCUT2D eigenvalue weighted by molar-refractivity contribution is 0.0945. The molecule has 6 heteroatoms. The number of piperidine rings is 1. The molecule has 0 spiro atoms. The highest BCUT2D eigenvalue weighted by molar-refractivity contribution is 5.91. The average Bonchev–Trinajstić information content (AvgIpc) is 2.62. The summed E-state index contributed by atoms with van der Waals surface area (Å²) in [5.74, 6) is 0.0349. The molecule has 0 aliphatic carbocycles. The van der Waals surface area contributed by atoms with Gasteiger partial charge in [-0.25, -0.2) is 9.37 Å². The molecule has 1 unspecified atom stereocenters. The van der Waals surface area contributed by atoms with Crippen LogP contribution in [0.25, 0.3) is 0 Å². The number of carbonyl (C=O) groups is 1. The third-order valence-electron chi connectivity index (χ3n) is 4.52. The van der Waals surface area contributed by atoms with E-state index in [4.69, 9.17) is 0 Å². The van der Waals surface area contributed by atoms with Crippen molar-refractivity contribution in [2.24, 2.45) is 5.92 Å². The lowest BCUT2D eigenvalue weighted by Crippen LogP contribution is -2.33. The Morgan fingerprint density at radius 2 is 2.08 bits per heavy atom. The van der Waals surface area contributed by atoms with E-state index in [0.29, 0.717) is 18.2 Å². The second-order valence-electron chi connectivity index (χ2n) is 6.68. The largest absolute Gasteiger partial charge is 0.347 e. The molecule has 0 bridgehead atoms. The molecule has 1 aromatic heterocycles. The molecule has 0 radical (unpaired) electrons. The SMILES string of the molecule is CN1CCCC(Cc2cnc(C(=O)NCc3ccc(F)cc3)cn2)C1. The first-order chi connectivity index (χ1) is 12.1. The number of benzene rings is 1. The van der Waals surface area contributed by atoms with Gasteiger partial charge >= 0.3 is 0 Å². The summed E-state index contributed by atoms with van der Waals surface area (Å²) in [7, 11) is 2.15. The van der Waals surface area contributed by atoms with Gasteiger partial charge in [-0.2, -0.15) is 0 Å². The molecule has 1 atom stereocenters. The number of likely N-dealkylation sites (tertiary alicyclic amines) is 1. The maximum atomic E-state index is 12.9. The van der Waals surface area contributed by atoms with Crippen LogP contribution in [-0.2, 0) is 13.0 Å². The summed E-state index contributed by atoms with van der Waals surface area (Å²) in [6.07, 6.45) is 6.56. The van der Waals surface area contributed by atoms with Gasteiger partial charge in [-0.3, -0.25) is 9.78 Å². The van der Waals surface area contributed by atoms with E-state index in [9.17, 15) is 9.18 Å². The van der Waals surface area contributed by atoms with Gasteiger partial charge < -0.3 is 10.2 Å². The van der Waals surface area contributed by atoms with Gasteiger partial charge in [-0.05, 0) is 56.5 Å². The minimum atomic E-state index is -0.291. The van der Waals surface area contributed by atoms with Gasteiger partial charge in [-0.15, -0.1) is 0 Å². The molecule has 1 fully saturated rings. The Hall–Kier alpha value is -2.34. The number of amides is 1. The number of halogens is 1. The topological polar surface area (TPSA) is 58.1 Å². The summed E-state index contributed by atoms with van der Waals surface area (Å²) in [5.41, 5.74) is 2.06. The summed E-state index contributed by atoms with van der Waals surface area (Å²) in [5, 5.41) is 2.77. The van der Waals surface area contributed by atoms with Crippen LogP contribution >= 0.6 is 0 Å². The molecular weight excluding hydrogens is 319 g/mol. The molecule has 1 aliphatic rings. The van der Waals surface area contributed by atoms with Crippen molar-refractivity contribution in [3.63, 3.8) is 0 Å². The first-order valence-electron chi connectivity index (χ1n) is 8.62. The monoisotopic (exact) mass is 342 g/mol. The lowest BCUT2D eigenvalue weighted by atomic mass is 9.94. The van der Waals surface area contributed by atoms with Crippen LogP contribution in [0.3, 0.4) is 0 Å². The second-order valence-corrected chi connectivity index (χ2v) is 6.68. The Morgan fingerprint density at radius 1 is 1.28 bits per heavy atom. The number of aromatic nitrogens is 2. The molecule has 1 N–H and O–H groups in total. The van der Waals surface area contributed by atoms with Crippen LogP contribution in [0.15, 0.2) is 36.7 Å². The molecule has 25 heavy (non-hydrogen) atoms. The average molecular weight is 342 g/mol. The van der Waals surface area contributed by atoms with Crippen LogP contribution in [0.2, 0.25) is 0 Å². The molecule has 2 aromatic rings. The van der Waals surface area contributed by atoms with E-state index in [1.165, 1.54) is 31.2 Å². The van der Waals surface area contributed by atoms with Crippen LogP contribution in [0.5, 0.6) is 0 Å². The van der Waals surface area contributed by atoms with Crippen molar-refractivity contribution in [2.75, 3.05) is 20.1 Å². The number of nitrogens with zero attached hydrogens (tertiary/aromatic N) is 3. The van der Waals surface area contributed by atoms with Gasteiger partial charge in [0.05, 0.1) is 11.9 Å². The van der Waals surface area contributed by atoms with Crippen LogP contribution in [0.4, 0.5) is 4.39 Å². The Balaban J connectivity index is 1.52. The zero-order valence-electron chi connectivity index (χ0n) is 14.4. The smallest absolute Gasteiger partial charge is 0.271 e. The predicted molar refractivity (Wildman–Crippen MR) is 93.5 cm³/mol. The molecule has 1 aliphatic heterocycles. The van der Waals surface area contributed by atoms with Crippen LogP contribution in [0.1, 0.15) is 34.6 Å². The van der Waals surface area contributed by atoms with Gasteiger partial charge in [0.25, 0.3) is 5.91 Å². The Morgan fingerprint density at radius 3 is 2.76 bits per heavy atom. The standard InChI is InChI=1S/C19H23FN4O/c1-24-8-2-3-15(13-24)9-17-11-22-18(12-21-17)19(25)23-10-14-4-6-16(20)7-5-14/h4-7,11-12,15H,2-3,8-10,13H2,1H3,(H,23,25). The number of nitrogens with one attached hydrogen (secondary N) is 1. The summed E-state index contributed by atoms with van der Waals surface area (Å²) in [6, 6.07) is 6.04. The van der Waals surface area contributed by atoms with Crippen molar-refractivity contribution in [3.8, 4) is 0 Å². The minimum Gasteiger partial charge on any atom is -0.347 e. The first-order valence-corrected chi connectivity index (χ1v) is 8.62. The molecule has 1 saturated heterocycles. The zero-order chi connectivity index (χ0) is 17.6. The zero-order valence-corrected chi connectivity index (χ0v) is 14.4. The highest BCUT2D eigenvalue weighted by Gasteiger charge is 2.18. The van der Waals surface area contributed by atoms with Crippen molar-refractivity contribution >= 4 is 5.91 Å². The molecule has 0 saturated carbocycles. The third-order valence-corrected chi connectivity index (χ3v) is 4.52. The minimum absolute atomic E-state index is 0.277. The summed E-state index contributed by atoms with van der Waals surface area (Å²) >= 11 is 0. The number of rotatable bonds is 5. The van der Waals surface area contributed by atoms with Crippen molar-refractivity contribution in [3.05, 3.63) is 59.4 Å². The number of hydrogen-bond acceptors (Lipinski definition) is 4. The molecule has 132 valence electrons. The Bertz CT molecular complexity index is 702. The summed E-state index contributed by atoms with van der Waals surface area (Å²) in [6.45, 7) is 2.58. The Labute approximate surface area is 147 Å². The first kappa shape index (κ1) is 17.5. The third kappa shape index (κ3) is 5.06. The van der Waals surface area contributed by atoms with Crippen LogP contribution in [0, 0.1) is 11.7 Å². The molecule has 5 nitrogen and oxygen atoms in total. The summed E-state index contributed by atoms with van der Waals surface area (Å²) in [4.78, 5) is 23.1. The molecule has 1 amide bonds. The van der Waals surface area contributed by atoms with Gasteiger partial charge in [-0.1, -0.05) is 12.1 Å². The van der Waals surface area contributed by atoms with Gasteiger partial charge in [0.2, 0.25) is 0 Å². The fourth-order valence-electron chi connectivity index (χ4n) is 3.19. The number of carbonyl (C=O) groups excluding carboxylic acids is 1. The highest BCUT2D eigenvalue weighted by atomic mass is 19.1. The van der Waals surface area contributed by atoms with Crippen LogP contribution in [-0.4, -0.2) is 40.9 Å². The molecule has 2 heterocycles. The lowest BCUT2D eigenvalue weighted by Gasteiger charge is -2.29. The van der Waals surface area contributed by atoms with E-state index in [1.807, 2.05) is 0 Å². The van der Waals surface area contributed by atoms with Crippen molar-refractivity contribution < 1.29 is 9.18 Å². The summed E-state index contributed by atoms with van der Waals surface area (Å²) < 4.78 is 12.9. The van der Waals surface area contributed by atoms with Gasteiger partial charge in [0.1, 0.15) is 11.5 Å². The second kappa shape index (κ2) is 8.16. The number of hydrogen-bond donors (Lipinski definition) is 1. The van der Waals surface area contributed by atoms with E-state index in [2.05, 4.69) is 27.2 Å². The van der Waals surface area contributed by atoms with E-state index < -0.39 is 0 Å². The van der Waals surface area contributed by atoms with Crippen molar-refractivity contribution in [1.82, 2.24) is 20.2 Å². The normalized spacial score (nSPS) is 18.1. The van der Waals surface area contributed by atoms with E-state index >= 15 is 0 Å². The fraction of sp³-hybridized carbons (Fsp3) is 0.421. The van der Waals surface area contributed by atoms with Gasteiger partial charge in [0.15, 0.2) is 0 Å². The van der Waals surface area contributed by atoms with E-state index in [-0.39, 0.29) is 11.7 Å². The molecule has 3 rings (SSSR count). The van der Waals surface area contributed by atoms with Crippen LogP contribution < -0.4 is 5.32 Å². The quantitative estimate of drug-likeness (QED) is 0.907. The van der Waals surface area contributed by atoms with E-state index in [0.717, 1.165) is 30.8 Å². The predicted octanol–water partition coefficient (Wildman–Crippen LogP) is 2.43. The highest BCUT2D eigenvalue weighted by Crippen LogP contribution is 2.18. The van der Waals surface area contributed by atoms with Crippen molar-refractivity contribution in [2.45, 2.75) is 25.8 Å². The fourth-order valence-corrected chi connectivity index (χ4v) is 3.19. The van der Waals surface area contributed by atoms with Crippen molar-refractivity contribution in [1.29, 1.82) is 0 Å². The van der Waals surface area contributed by atoms with Gasteiger partial charge in [0, 0.05) is 19.3 Å². The Kier molecular flexibility index (Phi) is 5.71. The van der Waals surface area contributed by atoms with E-state index in [1.54, 1.807) is 18.3 Å². The molecular formula is C19H23FN4O. The maximum absolute atomic E-state index is 12.9.